The van der Waals surface area contributed by atoms with Crippen molar-refractivity contribution in [2.24, 2.45) is 0 Å². The zero-order chi connectivity index (χ0) is 28.3. The first-order chi connectivity index (χ1) is 20.0. The number of methoxy groups -OCH3 is 1. The monoisotopic (exact) mass is 576 g/mol. The Kier molecular flexibility index (Phi) is 7.91. The van der Waals surface area contributed by atoms with Gasteiger partial charge in [-0.1, -0.05) is 17.7 Å². The number of H-pyrrole nitrogens is 1. The van der Waals surface area contributed by atoms with E-state index in [1.165, 1.54) is 0 Å². The molecular formula is C31H33ClN4O5. The van der Waals surface area contributed by atoms with E-state index in [1.807, 2.05) is 36.4 Å². The lowest BCUT2D eigenvalue weighted by Crippen LogP contribution is -2.42. The zero-order valence-electron chi connectivity index (χ0n) is 22.9. The van der Waals surface area contributed by atoms with Crippen LogP contribution in [0.25, 0.3) is 10.9 Å². The van der Waals surface area contributed by atoms with Gasteiger partial charge >= 0.3 is 6.09 Å². The number of fused-ring (bicyclic) bond motifs is 3. The normalized spacial score (nSPS) is 17.3. The number of hydrogen-bond acceptors (Lipinski definition) is 7. The predicted molar refractivity (Wildman–Crippen MR) is 158 cm³/mol. The first kappa shape index (κ1) is 27.3. The standard InChI is InChI=1S/C31H33ClN4O5/c1-38-27-9-2-20(18-28(27)40-17-14-35-12-15-39-16-13-35)30-29-24(25-19-22(33)5-8-26(25)34-29)10-11-36(30)31(37)41-23-6-3-21(32)4-7-23/h2-9,18-19,30,34H,10-17,33H2,1H3. The van der Waals surface area contributed by atoms with Crippen LogP contribution in [-0.2, 0) is 11.2 Å². The first-order valence-corrected chi connectivity index (χ1v) is 14.1. The van der Waals surface area contributed by atoms with Crippen molar-refractivity contribution in [3.63, 3.8) is 0 Å². The van der Waals surface area contributed by atoms with Crippen LogP contribution in [0.3, 0.4) is 0 Å². The summed E-state index contributed by atoms with van der Waals surface area (Å²) >= 11 is 6.03. The van der Waals surface area contributed by atoms with Crippen LogP contribution in [-0.4, -0.2) is 74.0 Å². The van der Waals surface area contributed by atoms with E-state index in [0.717, 1.165) is 60.6 Å². The summed E-state index contributed by atoms with van der Waals surface area (Å²) in [6.45, 7) is 5.01. The van der Waals surface area contributed by atoms with Crippen LogP contribution in [0, 0.1) is 0 Å². The summed E-state index contributed by atoms with van der Waals surface area (Å²) in [5, 5.41) is 1.63. The molecule has 0 radical (unpaired) electrons. The highest BCUT2D eigenvalue weighted by atomic mass is 35.5. The van der Waals surface area contributed by atoms with Gasteiger partial charge in [-0.15, -0.1) is 0 Å². The SMILES string of the molecule is COc1ccc(C2c3[nH]c4ccc(N)cc4c3CCN2C(=O)Oc2ccc(Cl)cc2)cc1OCCN1CCOCC1. The lowest BCUT2D eigenvalue weighted by Gasteiger charge is -2.35. The number of aromatic amines is 1. The molecule has 0 bridgehead atoms. The van der Waals surface area contributed by atoms with Gasteiger partial charge in [-0.3, -0.25) is 9.80 Å². The fraction of sp³-hybridized carbons (Fsp3) is 0.323. The van der Waals surface area contributed by atoms with Gasteiger partial charge in [-0.25, -0.2) is 4.79 Å². The van der Waals surface area contributed by atoms with Gasteiger partial charge in [0, 0.05) is 53.5 Å². The fourth-order valence-corrected chi connectivity index (χ4v) is 5.72. The summed E-state index contributed by atoms with van der Waals surface area (Å²) in [6.07, 6.45) is 0.205. The minimum Gasteiger partial charge on any atom is -0.493 e. The van der Waals surface area contributed by atoms with E-state index in [9.17, 15) is 4.79 Å². The molecule has 4 aromatic rings. The summed E-state index contributed by atoms with van der Waals surface area (Å²) in [5.74, 6) is 1.68. The van der Waals surface area contributed by atoms with Gasteiger partial charge in [0.2, 0.25) is 0 Å². The Hall–Kier alpha value is -3.92. The maximum Gasteiger partial charge on any atom is 0.416 e. The molecule has 1 atom stereocenters. The third kappa shape index (κ3) is 5.79. The molecule has 214 valence electrons. The molecule has 1 saturated heterocycles. The van der Waals surface area contributed by atoms with Gasteiger partial charge in [-0.2, -0.15) is 0 Å². The van der Waals surface area contributed by atoms with E-state index in [-0.39, 0.29) is 0 Å². The molecule has 2 aliphatic rings. The summed E-state index contributed by atoms with van der Waals surface area (Å²) in [5.41, 5.74) is 10.7. The second-order valence-corrected chi connectivity index (χ2v) is 10.6. The molecule has 2 aliphatic heterocycles. The topological polar surface area (TPSA) is 102 Å². The number of halogens is 1. The van der Waals surface area contributed by atoms with Gasteiger partial charge in [0.15, 0.2) is 11.5 Å². The number of rotatable bonds is 7. The number of hydrogen-bond donors (Lipinski definition) is 2. The van der Waals surface area contributed by atoms with Crippen LogP contribution < -0.4 is 19.9 Å². The Morgan fingerprint density at radius 1 is 1.05 bits per heavy atom. The molecule has 0 spiro atoms. The number of carbonyl (C=O) groups excluding carboxylic acids is 1. The molecule has 3 heterocycles. The molecule has 41 heavy (non-hydrogen) atoms. The highest BCUT2D eigenvalue weighted by Crippen LogP contribution is 2.41. The number of carbonyl (C=O) groups is 1. The number of benzene rings is 3. The summed E-state index contributed by atoms with van der Waals surface area (Å²) in [7, 11) is 1.63. The molecule has 9 nitrogen and oxygen atoms in total. The van der Waals surface area contributed by atoms with Crippen LogP contribution >= 0.6 is 11.6 Å². The maximum absolute atomic E-state index is 13.6. The van der Waals surface area contributed by atoms with Crippen LogP contribution in [0.5, 0.6) is 17.2 Å². The van der Waals surface area contributed by atoms with E-state index in [1.54, 1.807) is 36.3 Å². The first-order valence-electron chi connectivity index (χ1n) is 13.7. The number of ether oxygens (including phenoxy) is 4. The number of anilines is 1. The van der Waals surface area contributed by atoms with E-state index in [0.29, 0.717) is 47.5 Å². The molecule has 3 N–H and O–H groups in total. The third-order valence-corrected chi connectivity index (χ3v) is 7.93. The number of nitrogens with two attached hydrogens (primary N) is 1. The molecule has 1 amide bonds. The summed E-state index contributed by atoms with van der Waals surface area (Å²) in [4.78, 5) is 21.3. The van der Waals surface area contributed by atoms with E-state index in [2.05, 4.69) is 9.88 Å². The van der Waals surface area contributed by atoms with Crippen molar-refractivity contribution in [3.8, 4) is 17.2 Å². The van der Waals surface area contributed by atoms with E-state index < -0.39 is 12.1 Å². The number of nitrogen functional groups attached to an aromatic ring is 1. The Bertz CT molecular complexity index is 1530. The van der Waals surface area contributed by atoms with Crippen LogP contribution in [0.2, 0.25) is 5.02 Å². The van der Waals surface area contributed by atoms with E-state index >= 15 is 0 Å². The van der Waals surface area contributed by atoms with E-state index in [4.69, 9.17) is 36.3 Å². The molecule has 10 heteroatoms. The predicted octanol–water partition coefficient (Wildman–Crippen LogP) is 5.27. The number of aromatic nitrogens is 1. The Morgan fingerprint density at radius 2 is 1.85 bits per heavy atom. The molecule has 0 aliphatic carbocycles. The Balaban J connectivity index is 1.34. The molecule has 1 unspecified atom stereocenters. The van der Waals surface area contributed by atoms with Crippen LogP contribution in [0.1, 0.15) is 22.9 Å². The number of morpholine rings is 1. The van der Waals surface area contributed by atoms with Gasteiger partial charge < -0.3 is 29.7 Å². The average Bonchev–Trinajstić information content (AvgIpc) is 3.36. The lowest BCUT2D eigenvalue weighted by atomic mass is 9.92. The number of amides is 1. The lowest BCUT2D eigenvalue weighted by molar-refractivity contribution is 0.0321. The fourth-order valence-electron chi connectivity index (χ4n) is 5.60. The molecule has 0 saturated carbocycles. The van der Waals surface area contributed by atoms with Gasteiger partial charge in [-0.05, 0) is 72.1 Å². The maximum atomic E-state index is 13.6. The average molecular weight is 577 g/mol. The number of nitrogens with one attached hydrogen (secondary N) is 1. The van der Waals surface area contributed by atoms with Gasteiger partial charge in [0.05, 0.1) is 20.3 Å². The molecule has 6 rings (SSSR count). The Morgan fingerprint density at radius 3 is 2.63 bits per heavy atom. The molecule has 1 aromatic heterocycles. The van der Waals surface area contributed by atoms with Crippen LogP contribution in [0.15, 0.2) is 60.7 Å². The quantitative estimate of drug-likeness (QED) is 0.289. The van der Waals surface area contributed by atoms with Crippen molar-refractivity contribution in [1.29, 1.82) is 0 Å². The smallest absolute Gasteiger partial charge is 0.416 e. The highest BCUT2D eigenvalue weighted by molar-refractivity contribution is 6.30. The van der Waals surface area contributed by atoms with Crippen molar-refractivity contribution in [2.45, 2.75) is 12.5 Å². The van der Waals surface area contributed by atoms with Crippen molar-refractivity contribution in [1.82, 2.24) is 14.8 Å². The second kappa shape index (κ2) is 11.9. The third-order valence-electron chi connectivity index (χ3n) is 7.68. The largest absolute Gasteiger partial charge is 0.493 e. The summed E-state index contributed by atoms with van der Waals surface area (Å²) < 4.78 is 23.1. The van der Waals surface area contributed by atoms with Crippen molar-refractivity contribution >= 4 is 34.3 Å². The minimum absolute atomic E-state index is 0.426. The summed E-state index contributed by atoms with van der Waals surface area (Å²) in [6, 6.07) is 18.0. The second-order valence-electron chi connectivity index (χ2n) is 10.2. The molecule has 3 aromatic carbocycles. The minimum atomic E-state index is -0.452. The molecular weight excluding hydrogens is 544 g/mol. The highest BCUT2D eigenvalue weighted by Gasteiger charge is 2.36. The van der Waals surface area contributed by atoms with Gasteiger partial charge in [0.1, 0.15) is 18.4 Å². The number of nitrogens with zero attached hydrogens (tertiary/aromatic N) is 2. The van der Waals surface area contributed by atoms with Crippen LogP contribution in [0.4, 0.5) is 10.5 Å². The zero-order valence-corrected chi connectivity index (χ0v) is 23.7. The Labute approximate surface area is 243 Å². The van der Waals surface area contributed by atoms with Crippen molar-refractivity contribution in [2.75, 3.05) is 58.8 Å². The van der Waals surface area contributed by atoms with Crippen molar-refractivity contribution in [3.05, 3.63) is 82.5 Å². The van der Waals surface area contributed by atoms with Crippen molar-refractivity contribution < 1.29 is 23.7 Å². The van der Waals surface area contributed by atoms with Gasteiger partial charge in [0.25, 0.3) is 0 Å². The molecule has 1 fully saturated rings.